The number of carbonyl (C=O) groups is 1. The van der Waals surface area contributed by atoms with Gasteiger partial charge in [0.05, 0.1) is 6.10 Å². The first-order chi connectivity index (χ1) is 6.66. The van der Waals surface area contributed by atoms with Gasteiger partial charge < -0.3 is 15.1 Å². The number of likely N-dealkylation sites (tertiary alicyclic amines) is 1. The van der Waals surface area contributed by atoms with Crippen LogP contribution in [0.2, 0.25) is 0 Å². The molecule has 2 N–H and O–H groups in total. The van der Waals surface area contributed by atoms with Gasteiger partial charge in [-0.3, -0.25) is 4.79 Å². The van der Waals surface area contributed by atoms with Gasteiger partial charge in [-0.05, 0) is 12.8 Å². The molecule has 0 bridgehead atoms. The highest BCUT2D eigenvalue weighted by atomic mass is 16.3. The van der Waals surface area contributed by atoms with Gasteiger partial charge in [0.2, 0.25) is 5.91 Å². The van der Waals surface area contributed by atoms with E-state index in [9.17, 15) is 15.0 Å². The highest BCUT2D eigenvalue weighted by Gasteiger charge is 2.30. The number of amides is 1. The number of aliphatic hydroxyl groups is 2. The molecule has 0 radical (unpaired) electrons. The maximum Gasteiger partial charge on any atom is 0.224 e. The molecule has 1 saturated heterocycles. The van der Waals surface area contributed by atoms with Crippen LogP contribution in [0.1, 0.15) is 39.0 Å². The fourth-order valence-electron chi connectivity index (χ4n) is 1.72. The largest absolute Gasteiger partial charge is 0.388 e. The van der Waals surface area contributed by atoms with Crippen molar-refractivity contribution in [2.24, 2.45) is 0 Å². The van der Waals surface area contributed by atoms with Gasteiger partial charge in [-0.2, -0.15) is 0 Å². The van der Waals surface area contributed by atoms with Crippen molar-refractivity contribution < 1.29 is 15.0 Å². The first-order valence-electron chi connectivity index (χ1n) is 5.32. The lowest BCUT2D eigenvalue weighted by atomic mass is 10.1. The van der Waals surface area contributed by atoms with Crippen LogP contribution in [0.3, 0.4) is 0 Å². The SMILES string of the molecule is CCCCC(O)C(O)N1CCCC1=O. The summed E-state index contributed by atoms with van der Waals surface area (Å²) in [5, 5.41) is 19.3. The smallest absolute Gasteiger partial charge is 0.224 e. The second kappa shape index (κ2) is 5.32. The lowest BCUT2D eigenvalue weighted by molar-refractivity contribution is -0.145. The summed E-state index contributed by atoms with van der Waals surface area (Å²) in [4.78, 5) is 12.6. The Labute approximate surface area is 84.5 Å². The van der Waals surface area contributed by atoms with Crippen LogP contribution in [-0.2, 0) is 4.79 Å². The standard InChI is InChI=1S/C10H19NO3/c1-2-3-5-8(12)10(14)11-7-4-6-9(11)13/h8,10,12,14H,2-7H2,1H3. The van der Waals surface area contributed by atoms with Crippen LogP contribution in [0.25, 0.3) is 0 Å². The van der Waals surface area contributed by atoms with Gasteiger partial charge >= 0.3 is 0 Å². The minimum atomic E-state index is -1.00. The zero-order valence-corrected chi connectivity index (χ0v) is 8.65. The second-order valence-corrected chi connectivity index (χ2v) is 3.81. The quantitative estimate of drug-likeness (QED) is 0.680. The molecule has 82 valence electrons. The molecule has 2 unspecified atom stereocenters. The molecule has 14 heavy (non-hydrogen) atoms. The third-order valence-electron chi connectivity index (χ3n) is 2.63. The zero-order chi connectivity index (χ0) is 10.6. The maximum absolute atomic E-state index is 11.2. The second-order valence-electron chi connectivity index (χ2n) is 3.81. The molecule has 1 fully saturated rings. The normalized spacial score (nSPS) is 21.4. The molecule has 4 nitrogen and oxygen atoms in total. The summed E-state index contributed by atoms with van der Waals surface area (Å²) in [6.45, 7) is 2.60. The lowest BCUT2D eigenvalue weighted by Gasteiger charge is -2.27. The Morgan fingerprint density at radius 1 is 1.50 bits per heavy atom. The van der Waals surface area contributed by atoms with E-state index in [1.165, 1.54) is 4.90 Å². The molecule has 1 rings (SSSR count). The molecule has 0 aromatic rings. The van der Waals surface area contributed by atoms with Crippen molar-refractivity contribution in [2.75, 3.05) is 6.54 Å². The van der Waals surface area contributed by atoms with E-state index in [4.69, 9.17) is 0 Å². The van der Waals surface area contributed by atoms with E-state index in [1.54, 1.807) is 0 Å². The van der Waals surface area contributed by atoms with Crippen molar-refractivity contribution in [3.05, 3.63) is 0 Å². The molecule has 1 aliphatic rings. The van der Waals surface area contributed by atoms with E-state index in [0.717, 1.165) is 19.3 Å². The monoisotopic (exact) mass is 201 g/mol. The molecule has 1 heterocycles. The topological polar surface area (TPSA) is 60.8 Å². The number of rotatable bonds is 5. The van der Waals surface area contributed by atoms with Crippen molar-refractivity contribution in [2.45, 2.75) is 51.4 Å². The van der Waals surface area contributed by atoms with Crippen molar-refractivity contribution in [1.82, 2.24) is 4.90 Å². The van der Waals surface area contributed by atoms with E-state index in [-0.39, 0.29) is 5.91 Å². The molecule has 2 atom stereocenters. The highest BCUT2D eigenvalue weighted by molar-refractivity contribution is 5.78. The van der Waals surface area contributed by atoms with Crippen LogP contribution in [-0.4, -0.2) is 39.9 Å². The molecule has 1 aliphatic heterocycles. The summed E-state index contributed by atoms with van der Waals surface area (Å²) in [6.07, 6.45) is 1.90. The van der Waals surface area contributed by atoms with Gasteiger partial charge in [-0.1, -0.05) is 19.8 Å². The van der Waals surface area contributed by atoms with Gasteiger partial charge in [0.25, 0.3) is 0 Å². The van der Waals surface area contributed by atoms with Gasteiger partial charge in [0, 0.05) is 13.0 Å². The summed E-state index contributed by atoms with van der Waals surface area (Å²) < 4.78 is 0. The summed E-state index contributed by atoms with van der Waals surface area (Å²) in [6, 6.07) is 0. The summed E-state index contributed by atoms with van der Waals surface area (Å²) in [7, 11) is 0. The Morgan fingerprint density at radius 3 is 2.71 bits per heavy atom. The molecule has 0 aromatic carbocycles. The molecular formula is C10H19NO3. The van der Waals surface area contributed by atoms with Crippen LogP contribution in [0, 0.1) is 0 Å². The first-order valence-corrected chi connectivity index (χ1v) is 5.32. The van der Waals surface area contributed by atoms with Gasteiger partial charge in [0.1, 0.15) is 0 Å². The Hall–Kier alpha value is -0.610. The van der Waals surface area contributed by atoms with Crippen LogP contribution < -0.4 is 0 Å². The minimum absolute atomic E-state index is 0.0481. The molecule has 0 aromatic heterocycles. The highest BCUT2D eigenvalue weighted by Crippen LogP contribution is 2.16. The third kappa shape index (κ3) is 2.69. The van der Waals surface area contributed by atoms with Gasteiger partial charge in [0.15, 0.2) is 6.23 Å². The van der Waals surface area contributed by atoms with E-state index in [2.05, 4.69) is 0 Å². The fourth-order valence-corrected chi connectivity index (χ4v) is 1.72. The number of carbonyl (C=O) groups excluding carboxylic acids is 1. The van der Waals surface area contributed by atoms with Gasteiger partial charge in [-0.25, -0.2) is 0 Å². The number of aliphatic hydroxyl groups excluding tert-OH is 2. The van der Waals surface area contributed by atoms with E-state index < -0.39 is 12.3 Å². The lowest BCUT2D eigenvalue weighted by Crippen LogP contribution is -2.44. The zero-order valence-electron chi connectivity index (χ0n) is 8.65. The molecule has 0 saturated carbocycles. The van der Waals surface area contributed by atoms with Gasteiger partial charge in [-0.15, -0.1) is 0 Å². The van der Waals surface area contributed by atoms with E-state index in [0.29, 0.717) is 19.4 Å². The first kappa shape index (κ1) is 11.5. The van der Waals surface area contributed by atoms with Crippen LogP contribution in [0.15, 0.2) is 0 Å². The van der Waals surface area contributed by atoms with E-state index in [1.807, 2.05) is 6.92 Å². The minimum Gasteiger partial charge on any atom is -0.388 e. The maximum atomic E-state index is 11.2. The predicted molar refractivity (Wildman–Crippen MR) is 52.5 cm³/mol. The molecule has 0 aliphatic carbocycles. The summed E-state index contributed by atoms with van der Waals surface area (Å²) in [5.41, 5.74) is 0. The van der Waals surface area contributed by atoms with E-state index >= 15 is 0 Å². The average molecular weight is 201 g/mol. The summed E-state index contributed by atoms with van der Waals surface area (Å²) >= 11 is 0. The Bertz CT molecular complexity index is 196. The third-order valence-corrected chi connectivity index (χ3v) is 2.63. The van der Waals surface area contributed by atoms with Crippen LogP contribution in [0.5, 0.6) is 0 Å². The van der Waals surface area contributed by atoms with Crippen molar-refractivity contribution >= 4 is 5.91 Å². The molecule has 0 spiro atoms. The molecule has 1 amide bonds. The molecular weight excluding hydrogens is 182 g/mol. The number of unbranched alkanes of at least 4 members (excludes halogenated alkanes) is 1. The fraction of sp³-hybridized carbons (Fsp3) is 0.900. The van der Waals surface area contributed by atoms with Crippen molar-refractivity contribution in [3.63, 3.8) is 0 Å². The average Bonchev–Trinajstić information content (AvgIpc) is 2.59. The van der Waals surface area contributed by atoms with Crippen LogP contribution in [0.4, 0.5) is 0 Å². The van der Waals surface area contributed by atoms with Crippen molar-refractivity contribution in [3.8, 4) is 0 Å². The van der Waals surface area contributed by atoms with Crippen molar-refractivity contribution in [1.29, 1.82) is 0 Å². The number of hydrogen-bond acceptors (Lipinski definition) is 3. The predicted octanol–water partition coefficient (Wildman–Crippen LogP) is 0.478. The number of nitrogens with zero attached hydrogens (tertiary/aromatic N) is 1. The Morgan fingerprint density at radius 2 is 2.21 bits per heavy atom. The molecule has 4 heteroatoms. The summed E-state index contributed by atoms with van der Waals surface area (Å²) in [5.74, 6) is -0.0481. The van der Waals surface area contributed by atoms with Crippen LogP contribution >= 0.6 is 0 Å². The number of hydrogen-bond donors (Lipinski definition) is 2. The Balaban J connectivity index is 2.38. The Kier molecular flexibility index (Phi) is 4.35.